The third kappa shape index (κ3) is 6.52. The van der Waals surface area contributed by atoms with E-state index in [1.165, 1.54) is 16.7 Å². The van der Waals surface area contributed by atoms with Crippen molar-refractivity contribution in [1.29, 1.82) is 0 Å². The van der Waals surface area contributed by atoms with E-state index in [0.29, 0.717) is 18.2 Å². The molecule has 0 N–H and O–H groups in total. The molecule has 1 aliphatic carbocycles. The summed E-state index contributed by atoms with van der Waals surface area (Å²) in [6.07, 6.45) is 3.30. The average molecular weight is 553 g/mol. The number of carbonyl (C=O) groups excluding carboxylic acids is 1. The summed E-state index contributed by atoms with van der Waals surface area (Å²) in [5, 5.41) is 3.72. The summed E-state index contributed by atoms with van der Waals surface area (Å²) in [4.78, 5) is 13.6. The molecule has 0 bridgehead atoms. The molecule has 4 rings (SSSR count). The maximum Gasteiger partial charge on any atom is 0.162 e. The molecule has 1 aromatic heterocycles. The first-order valence-corrected chi connectivity index (χ1v) is 12.2. The summed E-state index contributed by atoms with van der Waals surface area (Å²) < 4.78 is 5.84. The van der Waals surface area contributed by atoms with Gasteiger partial charge < -0.3 is 4.74 Å². The van der Waals surface area contributed by atoms with Gasteiger partial charge in [0.2, 0.25) is 0 Å². The van der Waals surface area contributed by atoms with Crippen molar-refractivity contribution in [2.75, 3.05) is 6.61 Å². The van der Waals surface area contributed by atoms with Gasteiger partial charge in [0.05, 0.1) is 12.5 Å². The molecule has 0 saturated carbocycles. The van der Waals surface area contributed by atoms with Gasteiger partial charge in [0.15, 0.2) is 5.78 Å². The Labute approximate surface area is 231 Å². The summed E-state index contributed by atoms with van der Waals surface area (Å²) >= 11 is 7.99. The van der Waals surface area contributed by atoms with Crippen LogP contribution in [0, 0.1) is 17.2 Å². The molecule has 1 radical (unpaired) electrons. The van der Waals surface area contributed by atoms with E-state index in [9.17, 15) is 4.79 Å². The molecule has 0 fully saturated rings. The third-order valence-corrected chi connectivity index (χ3v) is 7.63. The summed E-state index contributed by atoms with van der Waals surface area (Å²) in [5.41, 5.74) is 3.80. The van der Waals surface area contributed by atoms with E-state index in [-0.39, 0.29) is 55.7 Å². The van der Waals surface area contributed by atoms with E-state index in [1.54, 1.807) is 17.4 Å². The van der Waals surface area contributed by atoms with Crippen LogP contribution in [0.4, 0.5) is 0 Å². The first-order chi connectivity index (χ1) is 15.4. The van der Waals surface area contributed by atoms with Crippen LogP contribution in [0.15, 0.2) is 77.8 Å². The van der Waals surface area contributed by atoms with Crippen LogP contribution in [0.1, 0.15) is 41.8 Å². The maximum absolute atomic E-state index is 12.4. The van der Waals surface area contributed by atoms with Gasteiger partial charge in [-0.05, 0) is 35.6 Å². The molecule has 169 valence electrons. The number of aryl methyl sites for hydroxylation is 1. The second-order valence-electron chi connectivity index (χ2n) is 8.91. The Hall–Kier alpha value is -1.10. The summed E-state index contributed by atoms with van der Waals surface area (Å²) in [6.45, 7) is 5.43. The van der Waals surface area contributed by atoms with Gasteiger partial charge in [-0.1, -0.05) is 80.0 Å². The van der Waals surface area contributed by atoms with Crippen LogP contribution in [-0.2, 0) is 60.7 Å². The topological polar surface area (TPSA) is 26.3 Å². The normalized spacial score (nSPS) is 18.2. The molecule has 5 heteroatoms. The van der Waals surface area contributed by atoms with E-state index < -0.39 is 0 Å². The molecule has 0 unspecified atom stereocenters. The zero-order chi connectivity index (χ0) is 22.6. The van der Waals surface area contributed by atoms with E-state index >= 15 is 0 Å². The van der Waals surface area contributed by atoms with E-state index in [4.69, 9.17) is 16.3 Å². The standard InChI is InChI=1S/C28H28ClO2S.Y/c1-28(2,21-7-4-3-5-8-21)22-13-10-20(11-14-22)12-15-24-25(27(30)17-26(24)29)19-31-18-23-9-6-16-32-23;/h3-11,13-14,17,24-25H,12,15,18-19H2,1-2H3;/q-1;/t24-,25-;/m1./s1. The van der Waals surface area contributed by atoms with Gasteiger partial charge in [-0.25, -0.2) is 0 Å². The fourth-order valence-electron chi connectivity index (χ4n) is 4.34. The van der Waals surface area contributed by atoms with Crippen molar-refractivity contribution in [2.45, 2.75) is 38.7 Å². The fraction of sp³-hybridized carbons (Fsp3) is 0.321. The van der Waals surface area contributed by atoms with Gasteiger partial charge in [0.1, 0.15) is 0 Å². The number of rotatable bonds is 9. The van der Waals surface area contributed by atoms with Crippen molar-refractivity contribution in [3.8, 4) is 0 Å². The zero-order valence-corrected chi connectivity index (χ0v) is 23.5. The molecule has 2 atom stereocenters. The average Bonchev–Trinajstić information content (AvgIpc) is 3.41. The monoisotopic (exact) mass is 552 g/mol. The van der Waals surface area contributed by atoms with Crippen LogP contribution in [0.5, 0.6) is 0 Å². The number of ketones is 1. The van der Waals surface area contributed by atoms with Gasteiger partial charge in [0, 0.05) is 55.7 Å². The Kier molecular flexibility index (Phi) is 9.67. The number of thiophene rings is 1. The molecule has 0 amide bonds. The molecular weight excluding hydrogens is 525 g/mol. The van der Waals surface area contributed by atoms with Gasteiger partial charge >= 0.3 is 0 Å². The smallest absolute Gasteiger partial charge is 0.162 e. The van der Waals surface area contributed by atoms with Crippen LogP contribution in [0.2, 0.25) is 0 Å². The Morgan fingerprint density at radius 3 is 2.36 bits per heavy atom. The Balaban J connectivity index is 0.00000306. The minimum absolute atomic E-state index is 0. The molecule has 1 heterocycles. The van der Waals surface area contributed by atoms with Crippen molar-refractivity contribution < 1.29 is 42.2 Å². The molecule has 1 aliphatic rings. The van der Waals surface area contributed by atoms with Crippen molar-refractivity contribution in [2.24, 2.45) is 11.8 Å². The van der Waals surface area contributed by atoms with E-state index in [1.807, 2.05) is 12.1 Å². The molecule has 0 aliphatic heterocycles. The third-order valence-electron chi connectivity index (χ3n) is 6.47. The predicted molar refractivity (Wildman–Crippen MR) is 132 cm³/mol. The second-order valence-corrected chi connectivity index (χ2v) is 10.3. The zero-order valence-electron chi connectivity index (χ0n) is 19.1. The van der Waals surface area contributed by atoms with Gasteiger partial charge in [-0.2, -0.15) is 12.1 Å². The summed E-state index contributed by atoms with van der Waals surface area (Å²) in [7, 11) is 0. The van der Waals surface area contributed by atoms with Crippen molar-refractivity contribution in [3.63, 3.8) is 0 Å². The Morgan fingerprint density at radius 1 is 1.00 bits per heavy atom. The largest absolute Gasteiger partial charge is 0.388 e. The number of hydrogen-bond donors (Lipinski definition) is 0. The maximum atomic E-state index is 12.4. The molecule has 0 spiro atoms. The van der Waals surface area contributed by atoms with Crippen molar-refractivity contribution >= 4 is 28.7 Å². The number of halogens is 1. The second kappa shape index (κ2) is 12.0. The number of carbonyl (C=O) groups is 1. The minimum Gasteiger partial charge on any atom is -0.388 e. The Bertz CT molecular complexity index is 1060. The van der Waals surface area contributed by atoms with Crippen LogP contribution in [-0.4, -0.2) is 12.4 Å². The van der Waals surface area contributed by atoms with Gasteiger partial charge in [-0.3, -0.25) is 16.1 Å². The molecule has 0 saturated heterocycles. The molecule has 33 heavy (non-hydrogen) atoms. The number of allylic oxidation sites excluding steroid dienone is 2. The number of hydrogen-bond acceptors (Lipinski definition) is 3. The van der Waals surface area contributed by atoms with Crippen molar-refractivity contribution in [1.82, 2.24) is 0 Å². The minimum atomic E-state index is -0.192. The van der Waals surface area contributed by atoms with E-state index in [0.717, 1.165) is 17.7 Å². The van der Waals surface area contributed by atoms with Crippen LogP contribution >= 0.6 is 22.9 Å². The summed E-state index contributed by atoms with van der Waals surface area (Å²) in [6, 6.07) is 23.3. The van der Waals surface area contributed by atoms with Gasteiger partial charge in [0.25, 0.3) is 0 Å². The first-order valence-electron chi connectivity index (χ1n) is 11.0. The summed E-state index contributed by atoms with van der Waals surface area (Å²) in [5.74, 6) is -0.0834. The molecule has 3 aromatic rings. The number of benzene rings is 2. The SMILES string of the molecule is CC(C)(c1ccccc1)c1ccc(CC[C@H]2C(Cl)=CC(=O)[C@@H]2COCc2cc[c-]s2)cc1.[Y]. The fourth-order valence-corrected chi connectivity index (χ4v) is 5.28. The van der Waals surface area contributed by atoms with Crippen LogP contribution < -0.4 is 0 Å². The van der Waals surface area contributed by atoms with Crippen LogP contribution in [0.25, 0.3) is 0 Å². The van der Waals surface area contributed by atoms with Crippen LogP contribution in [0.3, 0.4) is 0 Å². The molecular formula is C28H28ClO2SY-. The van der Waals surface area contributed by atoms with Gasteiger partial charge in [-0.15, -0.1) is 10.3 Å². The quantitative estimate of drug-likeness (QED) is 0.268. The van der Waals surface area contributed by atoms with E-state index in [2.05, 4.69) is 73.8 Å². The first kappa shape index (κ1) is 26.5. The predicted octanol–water partition coefficient (Wildman–Crippen LogP) is 6.96. The van der Waals surface area contributed by atoms with Crippen molar-refractivity contribution in [3.05, 3.63) is 105 Å². The number of ether oxygens (including phenoxy) is 1. The Morgan fingerprint density at radius 2 is 1.70 bits per heavy atom. The molecule has 2 aromatic carbocycles. The molecule has 2 nitrogen and oxygen atoms in total.